The molecule has 2 rings (SSSR count). The van der Waals surface area contributed by atoms with E-state index in [1.165, 1.54) is 54.4 Å². The van der Waals surface area contributed by atoms with E-state index in [1.807, 2.05) is 0 Å². The van der Waals surface area contributed by atoms with E-state index in [0.29, 0.717) is 5.69 Å². The zero-order valence-electron chi connectivity index (χ0n) is 10.9. The average molecular weight is 309 g/mol. The molecule has 0 unspecified atom stereocenters. The van der Waals surface area contributed by atoms with Crippen molar-refractivity contribution >= 4 is 28.9 Å². The highest BCUT2D eigenvalue weighted by Gasteiger charge is 2.26. The molecule has 0 aliphatic carbocycles. The van der Waals surface area contributed by atoms with Crippen molar-refractivity contribution in [1.29, 1.82) is 0 Å². The molecule has 2 aromatic rings. The summed E-state index contributed by atoms with van der Waals surface area (Å²) in [6.07, 6.45) is 0. The fourth-order valence-corrected chi connectivity index (χ4v) is 2.08. The van der Waals surface area contributed by atoms with Crippen LogP contribution in [-0.4, -0.2) is 17.9 Å². The molecule has 0 saturated heterocycles. The van der Waals surface area contributed by atoms with Gasteiger partial charge in [0.25, 0.3) is 5.91 Å². The van der Waals surface area contributed by atoms with Gasteiger partial charge in [-0.1, -0.05) is 17.7 Å². The van der Waals surface area contributed by atoms with Crippen molar-refractivity contribution in [3.8, 4) is 0 Å². The maximum Gasteiger partial charge on any atom is 0.300 e. The Kier molecular flexibility index (Phi) is 4.18. The summed E-state index contributed by atoms with van der Waals surface area (Å²) in [6.45, 7) is 0. The van der Waals surface area contributed by atoms with Gasteiger partial charge in [-0.05, 0) is 36.4 Å². The average Bonchev–Trinajstić information content (AvgIpc) is 2.46. The largest absolute Gasteiger partial charge is 0.311 e. The second kappa shape index (κ2) is 5.88. The molecule has 0 aliphatic heterocycles. The molecule has 0 atom stereocenters. The van der Waals surface area contributed by atoms with Crippen molar-refractivity contribution in [2.24, 2.45) is 0 Å². The number of nitrogens with zero attached hydrogens (tertiary/aromatic N) is 2. The predicted octanol–water partition coefficient (Wildman–Crippen LogP) is 3.66. The van der Waals surface area contributed by atoms with Gasteiger partial charge in [0.1, 0.15) is 16.4 Å². The lowest BCUT2D eigenvalue weighted by atomic mass is 10.1. The van der Waals surface area contributed by atoms with E-state index in [2.05, 4.69) is 0 Å². The molecule has 0 radical (unpaired) electrons. The van der Waals surface area contributed by atoms with Crippen molar-refractivity contribution in [2.75, 3.05) is 11.9 Å². The van der Waals surface area contributed by atoms with Crippen molar-refractivity contribution < 1.29 is 14.1 Å². The number of para-hydroxylation sites is 1. The number of amides is 1. The molecule has 0 spiro atoms. The summed E-state index contributed by atoms with van der Waals surface area (Å²) in [5.74, 6) is -1.04. The summed E-state index contributed by atoms with van der Waals surface area (Å²) < 4.78 is 12.9. The van der Waals surface area contributed by atoms with E-state index in [0.717, 1.165) is 0 Å². The summed E-state index contributed by atoms with van der Waals surface area (Å²) in [6, 6.07) is 9.34. The van der Waals surface area contributed by atoms with Crippen LogP contribution < -0.4 is 4.90 Å². The molecule has 5 nitrogen and oxygen atoms in total. The van der Waals surface area contributed by atoms with Crippen LogP contribution in [0.1, 0.15) is 10.4 Å². The molecule has 108 valence electrons. The quantitative estimate of drug-likeness (QED) is 0.642. The zero-order chi connectivity index (χ0) is 15.6. The van der Waals surface area contributed by atoms with Crippen LogP contribution in [0.2, 0.25) is 5.02 Å². The number of hydrogen-bond donors (Lipinski definition) is 0. The Hall–Kier alpha value is -2.47. The zero-order valence-corrected chi connectivity index (χ0v) is 11.7. The number of hydrogen-bond acceptors (Lipinski definition) is 3. The SMILES string of the molecule is CN(C(=O)c1cccc(Cl)c1[N+](=O)[O-])c1ccc(F)cc1. The lowest BCUT2D eigenvalue weighted by Gasteiger charge is -2.17. The molecule has 0 bridgehead atoms. The van der Waals surface area contributed by atoms with Gasteiger partial charge in [-0.3, -0.25) is 14.9 Å². The summed E-state index contributed by atoms with van der Waals surface area (Å²) in [5.41, 5.74) is -0.159. The first-order chi connectivity index (χ1) is 9.91. The third-order valence-corrected chi connectivity index (χ3v) is 3.22. The second-order valence-electron chi connectivity index (χ2n) is 4.23. The van der Waals surface area contributed by atoms with E-state index in [4.69, 9.17) is 11.6 Å². The smallest absolute Gasteiger partial charge is 0.300 e. The molecular formula is C14H10ClFN2O3. The first-order valence-electron chi connectivity index (χ1n) is 5.88. The van der Waals surface area contributed by atoms with Crippen molar-refractivity contribution in [3.63, 3.8) is 0 Å². The fourth-order valence-electron chi connectivity index (χ4n) is 1.84. The van der Waals surface area contributed by atoms with Crippen molar-refractivity contribution in [3.05, 3.63) is 69.0 Å². The van der Waals surface area contributed by atoms with E-state index in [-0.39, 0.29) is 10.6 Å². The van der Waals surface area contributed by atoms with Gasteiger partial charge in [0.15, 0.2) is 0 Å². The first kappa shape index (κ1) is 14.9. The number of nitro groups is 1. The Bertz CT molecular complexity index is 704. The lowest BCUT2D eigenvalue weighted by molar-refractivity contribution is -0.385. The molecule has 2 aromatic carbocycles. The van der Waals surface area contributed by atoms with Gasteiger partial charge in [0.2, 0.25) is 0 Å². The number of carbonyl (C=O) groups excluding carboxylic acids is 1. The molecule has 0 saturated carbocycles. The molecule has 0 aromatic heterocycles. The highest BCUT2D eigenvalue weighted by Crippen LogP contribution is 2.29. The fraction of sp³-hybridized carbons (Fsp3) is 0.0714. The van der Waals surface area contributed by atoms with E-state index >= 15 is 0 Å². The molecule has 21 heavy (non-hydrogen) atoms. The highest BCUT2D eigenvalue weighted by atomic mass is 35.5. The van der Waals surface area contributed by atoms with Gasteiger partial charge in [0.05, 0.1) is 4.92 Å². The predicted molar refractivity (Wildman–Crippen MR) is 77.2 cm³/mol. The minimum atomic E-state index is -0.700. The number of rotatable bonds is 3. The Morgan fingerprint density at radius 1 is 1.24 bits per heavy atom. The normalized spacial score (nSPS) is 10.2. The van der Waals surface area contributed by atoms with Crippen LogP contribution in [0.25, 0.3) is 0 Å². The van der Waals surface area contributed by atoms with E-state index in [1.54, 1.807) is 0 Å². The van der Waals surface area contributed by atoms with E-state index < -0.39 is 22.3 Å². The van der Waals surface area contributed by atoms with Crippen LogP contribution >= 0.6 is 11.6 Å². The number of nitro benzene ring substituents is 1. The summed E-state index contributed by atoms with van der Waals surface area (Å²) in [5, 5.41) is 10.9. The molecule has 0 aliphatic rings. The monoisotopic (exact) mass is 308 g/mol. The van der Waals surface area contributed by atoms with Crippen LogP contribution in [0, 0.1) is 15.9 Å². The van der Waals surface area contributed by atoms with Crippen LogP contribution in [0.15, 0.2) is 42.5 Å². The first-order valence-corrected chi connectivity index (χ1v) is 6.26. The van der Waals surface area contributed by atoms with Crippen LogP contribution in [0.3, 0.4) is 0 Å². The highest BCUT2D eigenvalue weighted by molar-refractivity contribution is 6.33. The topological polar surface area (TPSA) is 63.5 Å². The van der Waals surface area contributed by atoms with Gasteiger partial charge in [-0.2, -0.15) is 0 Å². The molecule has 0 heterocycles. The third-order valence-electron chi connectivity index (χ3n) is 2.92. The second-order valence-corrected chi connectivity index (χ2v) is 4.64. The Morgan fingerprint density at radius 2 is 1.86 bits per heavy atom. The molecule has 1 amide bonds. The Labute approximate surface area is 124 Å². The summed E-state index contributed by atoms with van der Waals surface area (Å²) in [4.78, 5) is 23.9. The molecular weight excluding hydrogens is 299 g/mol. The maximum absolute atomic E-state index is 12.9. The van der Waals surface area contributed by atoms with Gasteiger partial charge < -0.3 is 4.90 Å². The maximum atomic E-state index is 12.9. The third kappa shape index (κ3) is 3.00. The lowest BCUT2D eigenvalue weighted by Crippen LogP contribution is -2.27. The molecule has 0 fully saturated rings. The summed E-state index contributed by atoms with van der Waals surface area (Å²) >= 11 is 5.78. The molecule has 0 N–H and O–H groups in total. The van der Waals surface area contributed by atoms with Crippen LogP contribution in [0.4, 0.5) is 15.8 Å². The van der Waals surface area contributed by atoms with E-state index in [9.17, 15) is 19.3 Å². The van der Waals surface area contributed by atoms with Crippen molar-refractivity contribution in [1.82, 2.24) is 0 Å². The number of carbonyl (C=O) groups is 1. The number of anilines is 1. The van der Waals surface area contributed by atoms with Gasteiger partial charge in [-0.25, -0.2) is 4.39 Å². The summed E-state index contributed by atoms with van der Waals surface area (Å²) in [7, 11) is 1.44. The standard InChI is InChI=1S/C14H10ClFN2O3/c1-17(10-7-5-9(16)6-8-10)14(19)11-3-2-4-12(15)13(11)18(20)21/h2-8H,1H3. The Morgan fingerprint density at radius 3 is 2.43 bits per heavy atom. The molecule has 7 heteroatoms. The number of halogens is 2. The Balaban J connectivity index is 2.43. The minimum absolute atomic E-state index is 0.113. The van der Waals surface area contributed by atoms with Crippen LogP contribution in [-0.2, 0) is 0 Å². The van der Waals surface area contributed by atoms with Crippen LogP contribution in [0.5, 0.6) is 0 Å². The van der Waals surface area contributed by atoms with Gasteiger partial charge in [-0.15, -0.1) is 0 Å². The van der Waals surface area contributed by atoms with Crippen molar-refractivity contribution in [2.45, 2.75) is 0 Å². The van der Waals surface area contributed by atoms with Gasteiger partial charge >= 0.3 is 5.69 Å². The van der Waals surface area contributed by atoms with Gasteiger partial charge in [0, 0.05) is 12.7 Å². The minimum Gasteiger partial charge on any atom is -0.311 e. The number of benzene rings is 2.